The van der Waals surface area contributed by atoms with E-state index in [0.29, 0.717) is 5.54 Å². The van der Waals surface area contributed by atoms with Gasteiger partial charge in [-0.3, -0.25) is 9.80 Å². The lowest BCUT2D eigenvalue weighted by Gasteiger charge is -2.33. The largest absolute Gasteiger partial charge is 0.300 e. The van der Waals surface area contributed by atoms with E-state index in [-0.39, 0.29) is 0 Å². The molecule has 0 spiro atoms. The quantitative estimate of drug-likeness (QED) is 0.686. The van der Waals surface area contributed by atoms with E-state index < -0.39 is 0 Å². The van der Waals surface area contributed by atoms with Gasteiger partial charge in [0.05, 0.1) is 0 Å². The summed E-state index contributed by atoms with van der Waals surface area (Å²) in [4.78, 5) is 5.20. The number of hydrogen-bond donors (Lipinski definition) is 0. The number of hydrogen-bond acceptors (Lipinski definition) is 2. The molecule has 84 valence electrons. The van der Waals surface area contributed by atoms with Crippen molar-refractivity contribution in [2.24, 2.45) is 0 Å². The first-order chi connectivity index (χ1) is 6.49. The van der Waals surface area contributed by atoms with Crippen molar-refractivity contribution >= 4 is 0 Å². The van der Waals surface area contributed by atoms with Gasteiger partial charge in [0.15, 0.2) is 0 Å². The fourth-order valence-corrected chi connectivity index (χ4v) is 2.39. The Balaban J connectivity index is 2.48. The van der Waals surface area contributed by atoms with Gasteiger partial charge in [-0.2, -0.15) is 0 Å². The van der Waals surface area contributed by atoms with Crippen LogP contribution in [0, 0.1) is 0 Å². The lowest BCUT2D eigenvalue weighted by atomic mass is 10.1. The molecule has 0 radical (unpaired) electrons. The number of likely N-dealkylation sites (N-methyl/N-ethyl adjacent to an activating group) is 1. The average Bonchev–Trinajstić information content (AvgIpc) is 2.54. The number of rotatable bonds is 3. The molecule has 2 nitrogen and oxygen atoms in total. The molecule has 1 aliphatic heterocycles. The number of nitrogens with zero attached hydrogens (tertiary/aromatic N) is 2. The van der Waals surface area contributed by atoms with Crippen molar-refractivity contribution in [3.63, 3.8) is 0 Å². The maximum absolute atomic E-state index is 2.61. The first kappa shape index (κ1) is 12.0. The van der Waals surface area contributed by atoms with Crippen LogP contribution in [-0.4, -0.2) is 47.6 Å². The summed E-state index contributed by atoms with van der Waals surface area (Å²) in [6.07, 6.45) is 1.35. The standard InChI is InChI=1S/C12H26N2/c1-6-13(7-2)11-8-9-14(10-11)12(3,4)5/h11H,6-10H2,1-5H3/t11-/m0/s1. The smallest absolute Gasteiger partial charge is 0.0235 e. The summed E-state index contributed by atoms with van der Waals surface area (Å²) in [6.45, 7) is 16.4. The summed E-state index contributed by atoms with van der Waals surface area (Å²) >= 11 is 0. The molecule has 0 aromatic carbocycles. The van der Waals surface area contributed by atoms with Gasteiger partial charge in [0.2, 0.25) is 0 Å². The predicted octanol–water partition coefficient (Wildman–Crippen LogP) is 2.20. The Morgan fingerprint density at radius 2 is 1.79 bits per heavy atom. The minimum absolute atomic E-state index is 0.349. The van der Waals surface area contributed by atoms with Gasteiger partial charge in [0, 0.05) is 24.7 Å². The van der Waals surface area contributed by atoms with Crippen LogP contribution in [0.3, 0.4) is 0 Å². The summed E-state index contributed by atoms with van der Waals surface area (Å²) in [7, 11) is 0. The average molecular weight is 198 g/mol. The van der Waals surface area contributed by atoms with Gasteiger partial charge in [0.1, 0.15) is 0 Å². The lowest BCUT2D eigenvalue weighted by molar-refractivity contribution is 0.148. The molecule has 0 amide bonds. The highest BCUT2D eigenvalue weighted by Gasteiger charge is 2.31. The summed E-state index contributed by atoms with van der Waals surface area (Å²) in [5.41, 5.74) is 0.349. The molecule has 1 rings (SSSR count). The monoisotopic (exact) mass is 198 g/mol. The molecule has 1 aliphatic rings. The Hall–Kier alpha value is -0.0800. The fourth-order valence-electron chi connectivity index (χ4n) is 2.39. The van der Waals surface area contributed by atoms with Crippen LogP contribution in [0.1, 0.15) is 41.0 Å². The van der Waals surface area contributed by atoms with E-state index in [1.54, 1.807) is 0 Å². The van der Waals surface area contributed by atoms with Crippen LogP contribution >= 0.6 is 0 Å². The van der Waals surface area contributed by atoms with E-state index in [4.69, 9.17) is 0 Å². The molecule has 0 unspecified atom stereocenters. The third-order valence-electron chi connectivity index (χ3n) is 3.44. The van der Waals surface area contributed by atoms with E-state index in [9.17, 15) is 0 Å². The van der Waals surface area contributed by atoms with Gasteiger partial charge in [-0.15, -0.1) is 0 Å². The fraction of sp³-hybridized carbons (Fsp3) is 1.00. The van der Waals surface area contributed by atoms with Crippen molar-refractivity contribution in [2.75, 3.05) is 26.2 Å². The summed E-state index contributed by atoms with van der Waals surface area (Å²) in [6, 6.07) is 0.796. The van der Waals surface area contributed by atoms with Crippen molar-refractivity contribution in [1.82, 2.24) is 9.80 Å². The van der Waals surface area contributed by atoms with Crippen molar-refractivity contribution < 1.29 is 0 Å². The first-order valence-corrected chi connectivity index (χ1v) is 5.98. The van der Waals surface area contributed by atoms with Crippen LogP contribution in [0.15, 0.2) is 0 Å². The Morgan fingerprint density at radius 3 is 2.14 bits per heavy atom. The molecule has 0 bridgehead atoms. The molecule has 1 atom stereocenters. The Bertz CT molecular complexity index is 168. The molecule has 1 heterocycles. The molecule has 1 saturated heterocycles. The highest BCUT2D eigenvalue weighted by atomic mass is 15.3. The van der Waals surface area contributed by atoms with E-state index >= 15 is 0 Å². The number of likely N-dealkylation sites (tertiary alicyclic amines) is 1. The second-order valence-electron chi connectivity index (χ2n) is 5.28. The molecular formula is C12H26N2. The van der Waals surface area contributed by atoms with Crippen LogP contribution in [0.4, 0.5) is 0 Å². The second-order valence-corrected chi connectivity index (χ2v) is 5.28. The van der Waals surface area contributed by atoms with Crippen molar-refractivity contribution in [3.8, 4) is 0 Å². The molecule has 0 N–H and O–H groups in total. The molecule has 14 heavy (non-hydrogen) atoms. The van der Waals surface area contributed by atoms with Gasteiger partial charge < -0.3 is 0 Å². The highest BCUT2D eigenvalue weighted by molar-refractivity contribution is 4.88. The predicted molar refractivity (Wildman–Crippen MR) is 62.7 cm³/mol. The third kappa shape index (κ3) is 2.71. The lowest BCUT2D eigenvalue weighted by Crippen LogP contribution is -2.43. The second kappa shape index (κ2) is 4.63. The zero-order valence-corrected chi connectivity index (χ0v) is 10.5. The molecule has 2 heteroatoms. The highest BCUT2D eigenvalue weighted by Crippen LogP contribution is 2.23. The summed E-state index contributed by atoms with van der Waals surface area (Å²) in [5.74, 6) is 0. The van der Waals surface area contributed by atoms with Gasteiger partial charge >= 0.3 is 0 Å². The summed E-state index contributed by atoms with van der Waals surface area (Å²) < 4.78 is 0. The Kier molecular flexibility index (Phi) is 3.96. The molecule has 0 aromatic rings. The van der Waals surface area contributed by atoms with Gasteiger partial charge in [0.25, 0.3) is 0 Å². The zero-order valence-electron chi connectivity index (χ0n) is 10.5. The first-order valence-electron chi connectivity index (χ1n) is 5.98. The maximum atomic E-state index is 2.61. The van der Waals surface area contributed by atoms with Crippen molar-refractivity contribution in [3.05, 3.63) is 0 Å². The molecule has 0 aromatic heterocycles. The molecule has 0 saturated carbocycles. The van der Waals surface area contributed by atoms with E-state index in [1.807, 2.05) is 0 Å². The molecule has 1 fully saturated rings. The summed E-state index contributed by atoms with van der Waals surface area (Å²) in [5, 5.41) is 0. The third-order valence-corrected chi connectivity index (χ3v) is 3.44. The van der Waals surface area contributed by atoms with Crippen LogP contribution in [-0.2, 0) is 0 Å². The van der Waals surface area contributed by atoms with E-state index in [2.05, 4.69) is 44.4 Å². The Labute approximate surface area is 89.3 Å². The zero-order chi connectivity index (χ0) is 10.8. The topological polar surface area (TPSA) is 6.48 Å². The van der Waals surface area contributed by atoms with E-state index in [1.165, 1.54) is 32.6 Å². The molecular weight excluding hydrogens is 172 g/mol. The SMILES string of the molecule is CCN(CC)[C@H]1CCN(C(C)(C)C)C1. The van der Waals surface area contributed by atoms with Crippen LogP contribution in [0.5, 0.6) is 0 Å². The molecule has 0 aliphatic carbocycles. The van der Waals surface area contributed by atoms with Crippen molar-refractivity contribution in [2.45, 2.75) is 52.6 Å². The van der Waals surface area contributed by atoms with Crippen LogP contribution in [0.25, 0.3) is 0 Å². The van der Waals surface area contributed by atoms with Gasteiger partial charge in [-0.25, -0.2) is 0 Å². The van der Waals surface area contributed by atoms with Crippen LogP contribution in [0.2, 0.25) is 0 Å². The van der Waals surface area contributed by atoms with Crippen LogP contribution < -0.4 is 0 Å². The van der Waals surface area contributed by atoms with Gasteiger partial charge in [-0.1, -0.05) is 13.8 Å². The maximum Gasteiger partial charge on any atom is 0.0235 e. The Morgan fingerprint density at radius 1 is 1.21 bits per heavy atom. The minimum atomic E-state index is 0.349. The van der Waals surface area contributed by atoms with E-state index in [0.717, 1.165) is 6.04 Å². The van der Waals surface area contributed by atoms with Crippen molar-refractivity contribution in [1.29, 1.82) is 0 Å². The normalized spacial score (nSPS) is 24.9. The minimum Gasteiger partial charge on any atom is -0.300 e. The van der Waals surface area contributed by atoms with Gasteiger partial charge in [-0.05, 0) is 40.3 Å².